The predicted molar refractivity (Wildman–Crippen MR) is 94.9 cm³/mol. The maximum atomic E-state index is 12.1. The number of nitro groups is 1. The molecule has 1 atom stereocenters. The van der Waals surface area contributed by atoms with Gasteiger partial charge in [0.25, 0.3) is 11.6 Å². The highest BCUT2D eigenvalue weighted by Crippen LogP contribution is 2.23. The molecule has 8 heteroatoms. The number of benzene rings is 2. The first kappa shape index (κ1) is 17.9. The minimum atomic E-state index is -0.537. The van der Waals surface area contributed by atoms with E-state index in [0.717, 1.165) is 0 Å². The second-order valence-electron chi connectivity index (χ2n) is 5.15. The van der Waals surface area contributed by atoms with E-state index >= 15 is 0 Å². The number of rotatable bonds is 7. The Hall–Kier alpha value is -3.42. The Bertz CT molecular complexity index is 774. The molecular weight excluding hydrogens is 324 g/mol. The predicted octanol–water partition coefficient (Wildman–Crippen LogP) is 2.55. The van der Waals surface area contributed by atoms with E-state index in [1.54, 1.807) is 32.2 Å². The molecule has 0 bridgehead atoms. The number of anilines is 1. The minimum Gasteiger partial charge on any atom is -0.495 e. The van der Waals surface area contributed by atoms with Gasteiger partial charge in [0.1, 0.15) is 11.8 Å². The lowest BCUT2D eigenvalue weighted by Crippen LogP contribution is -2.35. The summed E-state index contributed by atoms with van der Waals surface area (Å²) in [6.07, 6.45) is 1.41. The van der Waals surface area contributed by atoms with Crippen molar-refractivity contribution in [2.75, 3.05) is 12.4 Å². The number of nitro benzene ring substituents is 1. The van der Waals surface area contributed by atoms with Crippen LogP contribution in [0, 0.1) is 10.1 Å². The van der Waals surface area contributed by atoms with Gasteiger partial charge in [-0.1, -0.05) is 12.1 Å². The van der Waals surface area contributed by atoms with Crippen LogP contribution in [0.15, 0.2) is 53.6 Å². The summed E-state index contributed by atoms with van der Waals surface area (Å²) >= 11 is 0. The number of nitrogens with one attached hydrogen (secondary N) is 2. The van der Waals surface area contributed by atoms with Crippen molar-refractivity contribution in [1.82, 2.24) is 5.43 Å². The zero-order chi connectivity index (χ0) is 18.2. The number of non-ortho nitro benzene ring substituents is 1. The minimum absolute atomic E-state index is 0.00387. The molecule has 0 aromatic heterocycles. The molecule has 25 heavy (non-hydrogen) atoms. The largest absolute Gasteiger partial charge is 0.495 e. The molecule has 1 amide bonds. The van der Waals surface area contributed by atoms with E-state index in [4.69, 9.17) is 4.74 Å². The van der Waals surface area contributed by atoms with Crippen molar-refractivity contribution in [2.24, 2.45) is 5.10 Å². The van der Waals surface area contributed by atoms with Crippen LogP contribution in [0.4, 0.5) is 11.4 Å². The zero-order valence-corrected chi connectivity index (χ0v) is 13.8. The van der Waals surface area contributed by atoms with Gasteiger partial charge in [0, 0.05) is 12.1 Å². The molecule has 2 rings (SSSR count). The Balaban J connectivity index is 1.91. The quantitative estimate of drug-likeness (QED) is 0.457. The Kier molecular flexibility index (Phi) is 6.05. The number of methoxy groups -OCH3 is 1. The maximum absolute atomic E-state index is 12.1. The van der Waals surface area contributed by atoms with Crippen LogP contribution in [-0.2, 0) is 4.79 Å². The monoisotopic (exact) mass is 342 g/mol. The molecule has 0 saturated heterocycles. The lowest BCUT2D eigenvalue weighted by molar-refractivity contribution is -0.384. The third-order valence-corrected chi connectivity index (χ3v) is 3.36. The number of hydrogen-bond donors (Lipinski definition) is 2. The highest BCUT2D eigenvalue weighted by molar-refractivity contribution is 5.86. The molecule has 130 valence electrons. The van der Waals surface area contributed by atoms with Crippen LogP contribution in [-0.4, -0.2) is 30.2 Å². The van der Waals surface area contributed by atoms with Gasteiger partial charge < -0.3 is 10.1 Å². The van der Waals surface area contributed by atoms with E-state index in [1.807, 2.05) is 18.2 Å². The van der Waals surface area contributed by atoms with Crippen molar-refractivity contribution in [2.45, 2.75) is 13.0 Å². The normalized spacial score (nSPS) is 11.8. The van der Waals surface area contributed by atoms with E-state index in [-0.39, 0.29) is 11.6 Å². The smallest absolute Gasteiger partial charge is 0.269 e. The Morgan fingerprint density at radius 1 is 1.24 bits per heavy atom. The van der Waals surface area contributed by atoms with Crippen molar-refractivity contribution < 1.29 is 14.5 Å². The first-order chi connectivity index (χ1) is 12.0. The average molecular weight is 342 g/mol. The van der Waals surface area contributed by atoms with Gasteiger partial charge in [0.05, 0.1) is 23.9 Å². The Morgan fingerprint density at radius 3 is 2.56 bits per heavy atom. The summed E-state index contributed by atoms with van der Waals surface area (Å²) in [5.41, 5.74) is 3.75. The summed E-state index contributed by atoms with van der Waals surface area (Å²) < 4.78 is 5.22. The summed E-state index contributed by atoms with van der Waals surface area (Å²) in [5.74, 6) is 0.306. The molecule has 0 aliphatic carbocycles. The van der Waals surface area contributed by atoms with Gasteiger partial charge in [0.2, 0.25) is 0 Å². The van der Waals surface area contributed by atoms with Crippen LogP contribution in [0.2, 0.25) is 0 Å². The molecule has 0 aliphatic heterocycles. The van der Waals surface area contributed by atoms with Gasteiger partial charge in [-0.2, -0.15) is 5.10 Å². The fraction of sp³-hybridized carbons (Fsp3) is 0.176. The summed E-state index contributed by atoms with van der Waals surface area (Å²) in [6, 6.07) is 12.6. The average Bonchev–Trinajstić information content (AvgIpc) is 2.62. The molecule has 0 spiro atoms. The van der Waals surface area contributed by atoms with Gasteiger partial charge in [-0.25, -0.2) is 5.43 Å². The highest BCUT2D eigenvalue weighted by Gasteiger charge is 2.13. The van der Waals surface area contributed by atoms with Gasteiger partial charge in [0.15, 0.2) is 0 Å². The van der Waals surface area contributed by atoms with Crippen LogP contribution < -0.4 is 15.5 Å². The van der Waals surface area contributed by atoms with Crippen molar-refractivity contribution in [3.63, 3.8) is 0 Å². The Morgan fingerprint density at radius 2 is 1.92 bits per heavy atom. The summed E-state index contributed by atoms with van der Waals surface area (Å²) in [5, 5.41) is 17.5. The van der Waals surface area contributed by atoms with E-state index in [0.29, 0.717) is 17.0 Å². The lowest BCUT2D eigenvalue weighted by Gasteiger charge is -2.15. The fourth-order valence-electron chi connectivity index (χ4n) is 2.01. The standard InChI is InChI=1S/C17H18N4O4/c1-12(19-15-5-3-4-6-16(15)25-2)17(22)20-18-11-13-7-9-14(10-8-13)21(23)24/h3-12,19H,1-2H3,(H,20,22). The summed E-state index contributed by atoms with van der Waals surface area (Å²) in [6.45, 7) is 1.70. The summed E-state index contributed by atoms with van der Waals surface area (Å²) in [4.78, 5) is 22.2. The number of hydrogen-bond acceptors (Lipinski definition) is 6. The number of nitrogens with zero attached hydrogens (tertiary/aromatic N) is 2. The van der Waals surface area contributed by atoms with Gasteiger partial charge >= 0.3 is 0 Å². The summed E-state index contributed by atoms with van der Waals surface area (Å²) in [7, 11) is 1.56. The molecule has 0 radical (unpaired) electrons. The van der Waals surface area contributed by atoms with E-state index < -0.39 is 11.0 Å². The van der Waals surface area contributed by atoms with Crippen molar-refractivity contribution in [3.05, 3.63) is 64.2 Å². The second-order valence-corrected chi connectivity index (χ2v) is 5.15. The molecule has 0 saturated carbocycles. The first-order valence-electron chi connectivity index (χ1n) is 7.48. The Labute approximate surface area is 144 Å². The number of ether oxygens (including phenoxy) is 1. The van der Waals surface area contributed by atoms with Crippen molar-refractivity contribution in [1.29, 1.82) is 0 Å². The molecule has 2 N–H and O–H groups in total. The van der Waals surface area contributed by atoms with Crippen LogP contribution >= 0.6 is 0 Å². The maximum Gasteiger partial charge on any atom is 0.269 e. The SMILES string of the molecule is COc1ccccc1NC(C)C(=O)NN=Cc1ccc([N+](=O)[O-])cc1. The third-order valence-electron chi connectivity index (χ3n) is 3.36. The van der Waals surface area contributed by atoms with Gasteiger partial charge in [-0.05, 0) is 36.8 Å². The molecule has 2 aromatic carbocycles. The number of hydrazone groups is 1. The molecule has 0 aliphatic rings. The number of carbonyl (C=O) groups is 1. The van der Waals surface area contributed by atoms with Crippen LogP contribution in [0.1, 0.15) is 12.5 Å². The highest BCUT2D eigenvalue weighted by atomic mass is 16.6. The van der Waals surface area contributed by atoms with Crippen LogP contribution in [0.5, 0.6) is 5.75 Å². The number of para-hydroxylation sites is 2. The number of amides is 1. The second kappa shape index (κ2) is 8.44. The molecule has 0 heterocycles. The molecule has 1 unspecified atom stereocenters. The fourth-order valence-corrected chi connectivity index (χ4v) is 2.01. The number of carbonyl (C=O) groups excluding carboxylic acids is 1. The van der Waals surface area contributed by atoms with Gasteiger partial charge in [-0.3, -0.25) is 14.9 Å². The van der Waals surface area contributed by atoms with E-state index in [2.05, 4.69) is 15.8 Å². The van der Waals surface area contributed by atoms with E-state index in [1.165, 1.54) is 18.3 Å². The van der Waals surface area contributed by atoms with Crippen LogP contribution in [0.3, 0.4) is 0 Å². The lowest BCUT2D eigenvalue weighted by atomic mass is 10.2. The molecule has 8 nitrogen and oxygen atoms in total. The van der Waals surface area contributed by atoms with Crippen molar-refractivity contribution >= 4 is 23.5 Å². The molecule has 2 aromatic rings. The third kappa shape index (κ3) is 5.03. The van der Waals surface area contributed by atoms with E-state index in [9.17, 15) is 14.9 Å². The zero-order valence-electron chi connectivity index (χ0n) is 13.8. The van der Waals surface area contributed by atoms with Crippen molar-refractivity contribution in [3.8, 4) is 5.75 Å². The molecular formula is C17H18N4O4. The topological polar surface area (TPSA) is 106 Å². The van der Waals surface area contributed by atoms with Gasteiger partial charge in [-0.15, -0.1) is 0 Å². The first-order valence-corrected chi connectivity index (χ1v) is 7.48. The van der Waals surface area contributed by atoms with Crippen LogP contribution in [0.25, 0.3) is 0 Å². The molecule has 0 fully saturated rings.